The average Bonchev–Trinajstić information content (AvgIpc) is 2.86. The molecule has 6 heteroatoms. The summed E-state index contributed by atoms with van der Waals surface area (Å²) in [6.07, 6.45) is 9.91. The zero-order valence-electron chi connectivity index (χ0n) is 13.6. The van der Waals surface area contributed by atoms with Gasteiger partial charge in [0.05, 0.1) is 0 Å². The molecule has 1 aromatic heterocycles. The van der Waals surface area contributed by atoms with Crippen LogP contribution in [0, 0.1) is 6.92 Å². The van der Waals surface area contributed by atoms with Crippen molar-refractivity contribution in [1.82, 2.24) is 20.2 Å². The Bertz CT molecular complexity index is 389. The number of halogens is 1. The van der Waals surface area contributed by atoms with E-state index in [9.17, 15) is 0 Å². The van der Waals surface area contributed by atoms with Gasteiger partial charge in [-0.1, -0.05) is 19.8 Å². The van der Waals surface area contributed by atoms with Crippen LogP contribution < -0.4 is 10.6 Å². The number of imidazole rings is 1. The summed E-state index contributed by atoms with van der Waals surface area (Å²) in [5, 5.41) is 6.70. The highest BCUT2D eigenvalue weighted by atomic mass is 127. The quantitative estimate of drug-likeness (QED) is 0.287. The Morgan fingerprint density at radius 1 is 1.19 bits per heavy atom. The van der Waals surface area contributed by atoms with Crippen LogP contribution in [0.3, 0.4) is 0 Å². The van der Waals surface area contributed by atoms with Crippen molar-refractivity contribution in [2.45, 2.75) is 52.5 Å². The first-order chi connectivity index (χ1) is 9.77. The molecule has 1 heterocycles. The highest BCUT2D eigenvalue weighted by Crippen LogP contribution is 1.99. The van der Waals surface area contributed by atoms with E-state index in [0.29, 0.717) is 0 Å². The van der Waals surface area contributed by atoms with Crippen molar-refractivity contribution in [3.8, 4) is 0 Å². The van der Waals surface area contributed by atoms with Crippen LogP contribution in [0.2, 0.25) is 0 Å². The van der Waals surface area contributed by atoms with E-state index in [2.05, 4.69) is 32.1 Å². The SMILES string of the molecule is CCCCCNC(=NC)NCCCCn1ccnc1C.I. The van der Waals surface area contributed by atoms with Crippen LogP contribution in [0.1, 0.15) is 44.9 Å². The van der Waals surface area contributed by atoms with Crippen molar-refractivity contribution in [3.63, 3.8) is 0 Å². The van der Waals surface area contributed by atoms with Gasteiger partial charge in [-0.2, -0.15) is 0 Å². The van der Waals surface area contributed by atoms with E-state index in [-0.39, 0.29) is 24.0 Å². The molecule has 0 saturated heterocycles. The number of hydrogen-bond donors (Lipinski definition) is 2. The standard InChI is InChI=1S/C15H29N5.HI/c1-4-5-6-9-18-15(16-3)19-10-7-8-12-20-13-11-17-14(20)2;/h11,13H,4-10,12H2,1-3H3,(H2,16,18,19);1H. The summed E-state index contributed by atoms with van der Waals surface area (Å²) in [4.78, 5) is 8.45. The molecule has 0 aliphatic carbocycles. The molecule has 0 amide bonds. The molecule has 1 aromatic rings. The van der Waals surface area contributed by atoms with E-state index in [0.717, 1.165) is 44.3 Å². The fourth-order valence-corrected chi connectivity index (χ4v) is 2.06. The van der Waals surface area contributed by atoms with Crippen LogP contribution in [0.15, 0.2) is 17.4 Å². The van der Waals surface area contributed by atoms with Crippen LogP contribution in [-0.2, 0) is 6.54 Å². The summed E-state index contributed by atoms with van der Waals surface area (Å²) < 4.78 is 2.19. The molecule has 0 fully saturated rings. The van der Waals surface area contributed by atoms with Crippen molar-refractivity contribution < 1.29 is 0 Å². The monoisotopic (exact) mass is 407 g/mol. The Morgan fingerprint density at radius 3 is 2.38 bits per heavy atom. The van der Waals surface area contributed by atoms with Crippen molar-refractivity contribution in [2.75, 3.05) is 20.1 Å². The van der Waals surface area contributed by atoms with E-state index in [1.165, 1.54) is 19.3 Å². The fourth-order valence-electron chi connectivity index (χ4n) is 2.06. The lowest BCUT2D eigenvalue weighted by Gasteiger charge is -2.11. The zero-order valence-corrected chi connectivity index (χ0v) is 15.9. The molecule has 0 aliphatic heterocycles. The molecule has 21 heavy (non-hydrogen) atoms. The second kappa shape index (κ2) is 12.9. The predicted molar refractivity (Wildman–Crippen MR) is 101 cm³/mol. The molecular weight excluding hydrogens is 377 g/mol. The molecule has 0 aromatic carbocycles. The van der Waals surface area contributed by atoms with Gasteiger partial charge in [-0.05, 0) is 26.2 Å². The summed E-state index contributed by atoms with van der Waals surface area (Å²) in [7, 11) is 1.82. The maximum absolute atomic E-state index is 4.23. The van der Waals surface area contributed by atoms with Crippen LogP contribution in [-0.4, -0.2) is 35.6 Å². The zero-order chi connectivity index (χ0) is 14.6. The van der Waals surface area contributed by atoms with Crippen LogP contribution in [0.4, 0.5) is 0 Å². The third-order valence-corrected chi connectivity index (χ3v) is 3.34. The molecule has 0 aliphatic rings. The van der Waals surface area contributed by atoms with E-state index in [4.69, 9.17) is 0 Å². The number of rotatable bonds is 9. The largest absolute Gasteiger partial charge is 0.356 e. The first-order valence-electron chi connectivity index (χ1n) is 7.70. The number of aliphatic imine (C=N–C) groups is 1. The second-order valence-electron chi connectivity index (χ2n) is 5.01. The average molecular weight is 407 g/mol. The van der Waals surface area contributed by atoms with Gasteiger partial charge in [-0.15, -0.1) is 24.0 Å². The lowest BCUT2D eigenvalue weighted by atomic mass is 10.2. The van der Waals surface area contributed by atoms with E-state index in [1.54, 1.807) is 0 Å². The number of unbranched alkanes of at least 4 members (excludes halogenated alkanes) is 3. The molecule has 0 bridgehead atoms. The number of aryl methyl sites for hydroxylation is 2. The number of nitrogens with zero attached hydrogens (tertiary/aromatic N) is 3. The minimum Gasteiger partial charge on any atom is -0.356 e. The minimum absolute atomic E-state index is 0. The fraction of sp³-hybridized carbons (Fsp3) is 0.733. The van der Waals surface area contributed by atoms with Gasteiger partial charge in [-0.3, -0.25) is 4.99 Å². The van der Waals surface area contributed by atoms with Gasteiger partial charge in [0.2, 0.25) is 0 Å². The van der Waals surface area contributed by atoms with Crippen LogP contribution in [0.25, 0.3) is 0 Å². The number of nitrogens with one attached hydrogen (secondary N) is 2. The maximum atomic E-state index is 4.23. The predicted octanol–water partition coefficient (Wildman–Crippen LogP) is 2.94. The molecule has 0 unspecified atom stereocenters. The first kappa shape index (κ1) is 20.2. The molecule has 1 rings (SSSR count). The third-order valence-electron chi connectivity index (χ3n) is 3.34. The molecule has 0 radical (unpaired) electrons. The van der Waals surface area contributed by atoms with Crippen LogP contribution >= 0.6 is 24.0 Å². The van der Waals surface area contributed by atoms with Gasteiger partial charge in [-0.25, -0.2) is 4.98 Å². The Labute approximate surface area is 146 Å². The van der Waals surface area contributed by atoms with Gasteiger partial charge < -0.3 is 15.2 Å². The van der Waals surface area contributed by atoms with Gasteiger partial charge in [0.15, 0.2) is 5.96 Å². The lowest BCUT2D eigenvalue weighted by Crippen LogP contribution is -2.38. The summed E-state index contributed by atoms with van der Waals surface area (Å²) >= 11 is 0. The Hall–Kier alpha value is -0.790. The number of hydrogen-bond acceptors (Lipinski definition) is 2. The summed E-state index contributed by atoms with van der Waals surface area (Å²) in [6, 6.07) is 0. The maximum Gasteiger partial charge on any atom is 0.190 e. The summed E-state index contributed by atoms with van der Waals surface area (Å²) in [6.45, 7) is 7.26. The van der Waals surface area contributed by atoms with Gasteiger partial charge >= 0.3 is 0 Å². The molecule has 2 N–H and O–H groups in total. The lowest BCUT2D eigenvalue weighted by molar-refractivity contribution is 0.587. The highest BCUT2D eigenvalue weighted by Gasteiger charge is 1.98. The third kappa shape index (κ3) is 8.95. The number of guanidine groups is 1. The molecule has 122 valence electrons. The Kier molecular flexibility index (Phi) is 12.4. The molecule has 5 nitrogen and oxygen atoms in total. The normalized spacial score (nSPS) is 11.1. The van der Waals surface area contributed by atoms with Gasteiger partial charge in [0.25, 0.3) is 0 Å². The molecule has 0 spiro atoms. The van der Waals surface area contributed by atoms with E-state index >= 15 is 0 Å². The van der Waals surface area contributed by atoms with Crippen LogP contribution in [0.5, 0.6) is 0 Å². The van der Waals surface area contributed by atoms with Gasteiger partial charge in [0.1, 0.15) is 5.82 Å². The van der Waals surface area contributed by atoms with Crippen molar-refractivity contribution >= 4 is 29.9 Å². The molecule has 0 atom stereocenters. The highest BCUT2D eigenvalue weighted by molar-refractivity contribution is 14.0. The topological polar surface area (TPSA) is 54.2 Å². The second-order valence-corrected chi connectivity index (χ2v) is 5.01. The smallest absolute Gasteiger partial charge is 0.190 e. The number of aromatic nitrogens is 2. The van der Waals surface area contributed by atoms with E-state index < -0.39 is 0 Å². The minimum atomic E-state index is 0. The summed E-state index contributed by atoms with van der Waals surface area (Å²) in [5.41, 5.74) is 0. The first-order valence-corrected chi connectivity index (χ1v) is 7.70. The van der Waals surface area contributed by atoms with Crippen molar-refractivity contribution in [1.29, 1.82) is 0 Å². The Balaban J connectivity index is 0.00000400. The van der Waals surface area contributed by atoms with Crippen molar-refractivity contribution in [3.05, 3.63) is 18.2 Å². The van der Waals surface area contributed by atoms with E-state index in [1.807, 2.05) is 26.4 Å². The van der Waals surface area contributed by atoms with Crippen molar-refractivity contribution in [2.24, 2.45) is 4.99 Å². The molecular formula is C15H30IN5. The summed E-state index contributed by atoms with van der Waals surface area (Å²) in [5.74, 6) is 2.01. The van der Waals surface area contributed by atoms with Gasteiger partial charge in [0, 0.05) is 39.1 Å². The Morgan fingerprint density at radius 2 is 1.86 bits per heavy atom. The molecule has 0 saturated carbocycles.